The maximum atomic E-state index is 6.02. The first-order valence-electron chi connectivity index (χ1n) is 9.92. The van der Waals surface area contributed by atoms with E-state index in [1.54, 1.807) is 0 Å². The zero-order valence-electron chi connectivity index (χ0n) is 16.1. The molecule has 0 aromatic heterocycles. The van der Waals surface area contributed by atoms with Crippen molar-refractivity contribution in [2.24, 2.45) is 16.3 Å². The summed E-state index contributed by atoms with van der Waals surface area (Å²) in [5.41, 5.74) is 1.44. The Kier molecular flexibility index (Phi) is 4.82. The molecule has 3 aliphatic rings. The van der Waals surface area contributed by atoms with E-state index in [2.05, 4.69) is 47.7 Å². The highest BCUT2D eigenvalue weighted by Crippen LogP contribution is 2.51. The van der Waals surface area contributed by atoms with Gasteiger partial charge in [-0.3, -0.25) is 4.99 Å². The van der Waals surface area contributed by atoms with Crippen LogP contribution in [0.1, 0.15) is 44.6 Å². The van der Waals surface area contributed by atoms with E-state index < -0.39 is 0 Å². The van der Waals surface area contributed by atoms with E-state index >= 15 is 0 Å². The number of guanidine groups is 1. The number of nitrogens with one attached hydrogen (secondary N) is 2. The Morgan fingerprint density at radius 2 is 2.08 bits per heavy atom. The predicted octanol–water partition coefficient (Wildman–Crippen LogP) is 2.92. The molecule has 5 nitrogen and oxygen atoms in total. The highest BCUT2D eigenvalue weighted by atomic mass is 16.5. The molecular formula is C21H31N3O2. The average molecular weight is 357 g/mol. The van der Waals surface area contributed by atoms with Crippen molar-refractivity contribution in [1.82, 2.24) is 10.6 Å². The third-order valence-corrected chi connectivity index (χ3v) is 6.45. The molecule has 4 unspecified atom stereocenters. The van der Waals surface area contributed by atoms with Crippen LogP contribution in [-0.2, 0) is 4.74 Å². The van der Waals surface area contributed by atoms with Crippen LogP contribution in [0, 0.1) is 11.3 Å². The van der Waals surface area contributed by atoms with Crippen LogP contribution in [0.25, 0.3) is 0 Å². The van der Waals surface area contributed by atoms with Crippen molar-refractivity contribution in [2.45, 2.75) is 51.2 Å². The minimum Gasteiger partial charge on any atom is -0.493 e. The molecule has 0 amide bonds. The third kappa shape index (κ3) is 3.07. The van der Waals surface area contributed by atoms with Gasteiger partial charge in [-0.05, 0) is 30.9 Å². The van der Waals surface area contributed by atoms with E-state index in [-0.39, 0.29) is 5.41 Å². The molecule has 1 saturated carbocycles. The molecule has 4 rings (SSSR count). The summed E-state index contributed by atoms with van der Waals surface area (Å²) < 4.78 is 11.8. The second-order valence-corrected chi connectivity index (χ2v) is 8.37. The summed E-state index contributed by atoms with van der Waals surface area (Å²) >= 11 is 0. The van der Waals surface area contributed by atoms with E-state index in [4.69, 9.17) is 9.47 Å². The summed E-state index contributed by atoms with van der Waals surface area (Å²) in [5, 5.41) is 7.24. The number of hydrogen-bond acceptors (Lipinski definition) is 3. The fourth-order valence-corrected chi connectivity index (χ4v) is 5.01. The summed E-state index contributed by atoms with van der Waals surface area (Å²) in [6, 6.07) is 8.79. The molecule has 0 bridgehead atoms. The predicted molar refractivity (Wildman–Crippen MR) is 104 cm³/mol. The third-order valence-electron chi connectivity index (χ3n) is 6.45. The normalized spacial score (nSPS) is 32.5. The molecule has 1 aromatic carbocycles. The first kappa shape index (κ1) is 17.7. The van der Waals surface area contributed by atoms with Gasteiger partial charge in [0.2, 0.25) is 0 Å². The van der Waals surface area contributed by atoms with Crippen molar-refractivity contribution in [3.8, 4) is 5.75 Å². The lowest BCUT2D eigenvalue weighted by Gasteiger charge is -2.60. The maximum Gasteiger partial charge on any atom is 0.191 e. The lowest BCUT2D eigenvalue weighted by Crippen LogP contribution is -2.71. The van der Waals surface area contributed by atoms with Crippen LogP contribution in [0.2, 0.25) is 0 Å². The monoisotopic (exact) mass is 357 g/mol. The van der Waals surface area contributed by atoms with E-state index in [1.165, 1.54) is 18.4 Å². The van der Waals surface area contributed by atoms with Crippen LogP contribution in [0.15, 0.2) is 29.3 Å². The van der Waals surface area contributed by atoms with Crippen molar-refractivity contribution < 1.29 is 9.47 Å². The van der Waals surface area contributed by atoms with Crippen molar-refractivity contribution in [2.75, 3.05) is 26.8 Å². The first-order valence-corrected chi connectivity index (χ1v) is 9.92. The molecule has 2 fully saturated rings. The van der Waals surface area contributed by atoms with Crippen molar-refractivity contribution in [1.29, 1.82) is 0 Å². The van der Waals surface area contributed by atoms with Crippen LogP contribution < -0.4 is 15.4 Å². The summed E-state index contributed by atoms with van der Waals surface area (Å²) in [6.45, 7) is 7.18. The summed E-state index contributed by atoms with van der Waals surface area (Å²) in [6.07, 6.45) is 3.83. The topological polar surface area (TPSA) is 54.9 Å². The van der Waals surface area contributed by atoms with Crippen molar-refractivity contribution in [3.63, 3.8) is 0 Å². The molecular weight excluding hydrogens is 326 g/mol. The maximum absolute atomic E-state index is 6.02. The quantitative estimate of drug-likeness (QED) is 0.645. The van der Waals surface area contributed by atoms with Gasteiger partial charge in [-0.15, -0.1) is 0 Å². The zero-order chi connectivity index (χ0) is 18.1. The molecule has 5 heteroatoms. The second kappa shape index (κ2) is 7.10. The number of aliphatic imine (C=N–C) groups is 1. The molecule has 142 valence electrons. The van der Waals surface area contributed by atoms with Crippen LogP contribution in [0.5, 0.6) is 5.75 Å². The number of ether oxygens (including phenoxy) is 2. The Balaban J connectivity index is 1.37. The molecule has 4 atom stereocenters. The van der Waals surface area contributed by atoms with Crippen molar-refractivity contribution >= 4 is 5.96 Å². The average Bonchev–Trinajstić information content (AvgIpc) is 2.68. The van der Waals surface area contributed by atoms with Gasteiger partial charge in [-0.1, -0.05) is 32.0 Å². The molecule has 1 aliphatic carbocycles. The van der Waals surface area contributed by atoms with Gasteiger partial charge >= 0.3 is 0 Å². The van der Waals surface area contributed by atoms with Crippen LogP contribution in [0.4, 0.5) is 0 Å². The number of benzene rings is 1. The number of rotatable bonds is 3. The number of fused-ring (bicyclic) bond motifs is 2. The highest BCUT2D eigenvalue weighted by Gasteiger charge is 2.58. The number of hydrogen-bond donors (Lipinski definition) is 2. The van der Waals surface area contributed by atoms with E-state index in [0.717, 1.165) is 37.9 Å². The lowest BCUT2D eigenvalue weighted by molar-refractivity contribution is -0.188. The lowest BCUT2D eigenvalue weighted by atomic mass is 9.55. The van der Waals surface area contributed by atoms with Gasteiger partial charge in [0.25, 0.3) is 0 Å². The minimum atomic E-state index is 0.147. The Labute approximate surface area is 156 Å². The van der Waals surface area contributed by atoms with E-state index in [1.807, 2.05) is 13.1 Å². The summed E-state index contributed by atoms with van der Waals surface area (Å²) in [5.74, 6) is 2.98. The molecule has 2 N–H and O–H groups in total. The molecule has 2 aliphatic heterocycles. The molecule has 1 saturated heterocycles. The summed E-state index contributed by atoms with van der Waals surface area (Å²) in [4.78, 5) is 4.48. The smallest absolute Gasteiger partial charge is 0.191 e. The highest BCUT2D eigenvalue weighted by molar-refractivity contribution is 5.80. The van der Waals surface area contributed by atoms with Crippen LogP contribution in [0.3, 0.4) is 0 Å². The Morgan fingerprint density at radius 1 is 1.23 bits per heavy atom. The van der Waals surface area contributed by atoms with Crippen molar-refractivity contribution in [3.05, 3.63) is 29.8 Å². The summed E-state index contributed by atoms with van der Waals surface area (Å²) in [7, 11) is 1.85. The van der Waals surface area contributed by atoms with Gasteiger partial charge in [-0.25, -0.2) is 0 Å². The molecule has 1 aromatic rings. The molecule has 2 heterocycles. The van der Waals surface area contributed by atoms with Gasteiger partial charge in [0.1, 0.15) is 5.75 Å². The standard InChI is InChI=1S/C21H31N3O2/c1-21(2)18(16-8-6-11-26-19(16)21)24-20(22-3)23-13-14-10-12-25-17-9-5-4-7-15(14)17/h4-5,7,9,14,16,18-19H,6,8,10-13H2,1-3H3,(H2,22,23,24). The van der Waals surface area contributed by atoms with Gasteiger partial charge in [0.05, 0.1) is 12.7 Å². The fourth-order valence-electron chi connectivity index (χ4n) is 5.01. The Hall–Kier alpha value is -1.75. The second-order valence-electron chi connectivity index (χ2n) is 8.37. The molecule has 0 radical (unpaired) electrons. The SMILES string of the molecule is CN=C(NCC1CCOc2ccccc21)NC1C2CCCOC2C1(C)C. The van der Waals surface area contributed by atoms with Gasteiger partial charge < -0.3 is 20.1 Å². The van der Waals surface area contributed by atoms with E-state index in [9.17, 15) is 0 Å². The Bertz CT molecular complexity index is 673. The van der Waals surface area contributed by atoms with Gasteiger partial charge in [-0.2, -0.15) is 0 Å². The van der Waals surface area contributed by atoms with Crippen LogP contribution in [-0.4, -0.2) is 44.9 Å². The minimum absolute atomic E-state index is 0.147. The van der Waals surface area contributed by atoms with Gasteiger partial charge in [0.15, 0.2) is 5.96 Å². The zero-order valence-corrected chi connectivity index (χ0v) is 16.1. The molecule has 0 spiro atoms. The fraction of sp³-hybridized carbons (Fsp3) is 0.667. The largest absolute Gasteiger partial charge is 0.493 e. The Morgan fingerprint density at radius 3 is 2.92 bits per heavy atom. The van der Waals surface area contributed by atoms with E-state index in [0.29, 0.717) is 24.0 Å². The number of para-hydroxylation sites is 1. The first-order chi connectivity index (χ1) is 12.6. The van der Waals surface area contributed by atoms with Crippen LogP contribution >= 0.6 is 0 Å². The van der Waals surface area contributed by atoms with Gasteiger partial charge in [0, 0.05) is 43.5 Å². The molecule has 26 heavy (non-hydrogen) atoms. The number of nitrogens with zero attached hydrogens (tertiary/aromatic N) is 1.